The first kappa shape index (κ1) is 41.7. The van der Waals surface area contributed by atoms with Gasteiger partial charge in [-0.3, -0.25) is 9.35 Å². The number of hydrogen-bond donors (Lipinski definition) is 4. The second kappa shape index (κ2) is 17.5. The number of carbonyl (C=O) groups excluding carboxylic acids is 1. The minimum absolute atomic E-state index is 0.254. The Bertz CT molecular complexity index is 1700. The van der Waals surface area contributed by atoms with Crippen molar-refractivity contribution in [1.82, 2.24) is 0 Å². The number of ketones is 1. The SMILES string of the molecule is CC(C=CC=C(C)C=CC1=C(C)CC(O)C(O)C1(C)C)=CC=CC=C(C)C=CC=C(C)C=CC1=C(C)C(=O)C(OS(=O)(=O)O)C(O)C1(C)C. The van der Waals surface area contributed by atoms with Gasteiger partial charge in [-0.2, -0.15) is 8.42 Å². The molecule has 0 amide bonds. The van der Waals surface area contributed by atoms with Gasteiger partial charge in [-0.05, 0) is 64.7 Å². The summed E-state index contributed by atoms with van der Waals surface area (Å²) in [6.07, 6.45) is 23.2. The lowest BCUT2D eigenvalue weighted by molar-refractivity contribution is -0.133. The van der Waals surface area contributed by atoms with Crippen LogP contribution in [0, 0.1) is 10.8 Å². The van der Waals surface area contributed by atoms with Crippen LogP contribution in [0.5, 0.6) is 0 Å². The van der Waals surface area contributed by atoms with E-state index in [0.29, 0.717) is 12.0 Å². The largest absolute Gasteiger partial charge is 0.398 e. The second-order valence-electron chi connectivity index (χ2n) is 14.1. The molecular formula is C40H54O8S. The molecule has 0 saturated carbocycles. The van der Waals surface area contributed by atoms with E-state index < -0.39 is 51.4 Å². The number of hydrogen-bond acceptors (Lipinski definition) is 7. The summed E-state index contributed by atoms with van der Waals surface area (Å²) in [6, 6.07) is 0. The fraction of sp³-hybridized carbons (Fsp3) is 0.425. The summed E-state index contributed by atoms with van der Waals surface area (Å²) < 4.78 is 35.9. The number of carbonyl (C=O) groups is 1. The van der Waals surface area contributed by atoms with Crippen LogP contribution in [0.1, 0.15) is 75.7 Å². The summed E-state index contributed by atoms with van der Waals surface area (Å²) in [7, 11) is -4.92. The van der Waals surface area contributed by atoms with E-state index >= 15 is 0 Å². The molecule has 0 aromatic heterocycles. The summed E-state index contributed by atoms with van der Waals surface area (Å²) in [5.74, 6) is -0.700. The van der Waals surface area contributed by atoms with Crippen LogP contribution in [-0.2, 0) is 19.4 Å². The average Bonchev–Trinajstić information content (AvgIpc) is 2.99. The Balaban J connectivity index is 2.00. The molecule has 9 heteroatoms. The van der Waals surface area contributed by atoms with Crippen molar-refractivity contribution in [2.75, 3.05) is 0 Å². The van der Waals surface area contributed by atoms with Crippen molar-refractivity contribution in [3.63, 3.8) is 0 Å². The van der Waals surface area contributed by atoms with Crippen LogP contribution < -0.4 is 0 Å². The molecule has 268 valence electrons. The molecule has 0 radical (unpaired) electrons. The van der Waals surface area contributed by atoms with Gasteiger partial charge in [-0.15, -0.1) is 0 Å². The molecule has 0 spiro atoms. The van der Waals surface area contributed by atoms with Gasteiger partial charge in [0.25, 0.3) is 0 Å². The fourth-order valence-electron chi connectivity index (χ4n) is 5.93. The van der Waals surface area contributed by atoms with Crippen molar-refractivity contribution in [2.24, 2.45) is 10.8 Å². The van der Waals surface area contributed by atoms with E-state index in [2.05, 4.69) is 4.18 Å². The van der Waals surface area contributed by atoms with Crippen LogP contribution in [0.25, 0.3) is 0 Å². The topological polar surface area (TPSA) is 141 Å². The highest BCUT2D eigenvalue weighted by atomic mass is 32.3. The molecule has 0 aromatic rings. The van der Waals surface area contributed by atoms with Gasteiger partial charge < -0.3 is 15.3 Å². The highest BCUT2D eigenvalue weighted by Crippen LogP contribution is 2.42. The maximum atomic E-state index is 12.7. The van der Waals surface area contributed by atoms with Crippen molar-refractivity contribution in [2.45, 2.75) is 100 Å². The zero-order valence-electron chi connectivity index (χ0n) is 30.4. The van der Waals surface area contributed by atoms with Gasteiger partial charge in [-0.1, -0.05) is 141 Å². The third kappa shape index (κ3) is 11.8. The molecule has 2 aliphatic carbocycles. The molecule has 2 rings (SSSR count). The Hall–Kier alpha value is -3.44. The minimum Gasteiger partial charge on any atom is -0.390 e. The number of rotatable bonds is 12. The molecule has 8 nitrogen and oxygen atoms in total. The van der Waals surface area contributed by atoms with Gasteiger partial charge in [0.2, 0.25) is 0 Å². The molecule has 0 aromatic carbocycles. The van der Waals surface area contributed by atoms with Gasteiger partial charge in [-0.25, -0.2) is 4.18 Å². The predicted molar refractivity (Wildman–Crippen MR) is 198 cm³/mol. The van der Waals surface area contributed by atoms with Crippen molar-refractivity contribution in [3.8, 4) is 0 Å². The number of allylic oxidation sites excluding steroid dienone is 18. The van der Waals surface area contributed by atoms with Crippen LogP contribution in [-0.4, -0.2) is 58.5 Å². The maximum absolute atomic E-state index is 12.7. The quantitative estimate of drug-likeness (QED) is 0.122. The van der Waals surface area contributed by atoms with E-state index in [4.69, 9.17) is 4.55 Å². The molecule has 49 heavy (non-hydrogen) atoms. The molecular weight excluding hydrogens is 640 g/mol. The Morgan fingerprint density at radius 3 is 1.57 bits per heavy atom. The second-order valence-corrected chi connectivity index (χ2v) is 15.1. The molecule has 4 unspecified atom stereocenters. The minimum atomic E-state index is -4.92. The lowest BCUT2D eigenvalue weighted by Gasteiger charge is -2.40. The molecule has 0 heterocycles. The Morgan fingerprint density at radius 1 is 0.694 bits per heavy atom. The number of aliphatic hydroxyl groups excluding tert-OH is 3. The molecule has 0 aliphatic heterocycles. The fourth-order valence-corrected chi connectivity index (χ4v) is 6.38. The maximum Gasteiger partial charge on any atom is 0.398 e. The summed E-state index contributed by atoms with van der Waals surface area (Å²) in [6.45, 7) is 18.8. The zero-order chi connectivity index (χ0) is 37.3. The first-order valence-electron chi connectivity index (χ1n) is 16.3. The van der Waals surface area contributed by atoms with Crippen molar-refractivity contribution in [1.29, 1.82) is 0 Å². The van der Waals surface area contributed by atoms with Gasteiger partial charge in [0.15, 0.2) is 11.9 Å². The van der Waals surface area contributed by atoms with Crippen LogP contribution in [0.4, 0.5) is 0 Å². The van der Waals surface area contributed by atoms with Crippen molar-refractivity contribution in [3.05, 3.63) is 130 Å². The third-order valence-electron chi connectivity index (χ3n) is 9.04. The van der Waals surface area contributed by atoms with E-state index in [1.807, 2.05) is 127 Å². The Morgan fingerprint density at radius 2 is 1.10 bits per heavy atom. The Kier molecular flexibility index (Phi) is 14.9. The molecule has 0 bridgehead atoms. The van der Waals surface area contributed by atoms with E-state index in [9.17, 15) is 28.5 Å². The highest BCUT2D eigenvalue weighted by molar-refractivity contribution is 7.80. The monoisotopic (exact) mass is 694 g/mol. The van der Waals surface area contributed by atoms with E-state index in [-0.39, 0.29) is 5.57 Å². The Labute approximate surface area is 293 Å². The zero-order valence-corrected chi connectivity index (χ0v) is 31.2. The van der Waals surface area contributed by atoms with Gasteiger partial charge >= 0.3 is 10.4 Å². The number of aliphatic hydroxyl groups is 3. The molecule has 4 N–H and O–H groups in total. The van der Waals surface area contributed by atoms with Gasteiger partial charge in [0.05, 0.1) is 18.3 Å². The summed E-state index contributed by atoms with van der Waals surface area (Å²) in [5, 5.41) is 31.3. The van der Waals surface area contributed by atoms with Crippen LogP contribution >= 0.6 is 0 Å². The average molecular weight is 695 g/mol. The standard InChI is InChI=1S/C40H54O8S/c1-26(17-13-19-28(3)21-23-32-30(5)25-34(41)37(43)39(32,7)8)15-11-12-16-27(2)18-14-20-29(4)22-24-33-31(6)35(42)36(48-49(45,46)47)38(44)40(33,9)10/h11-24,34,36-38,41,43-44H,25H2,1-10H3,(H,45,46,47). The molecule has 4 atom stereocenters. The third-order valence-corrected chi connectivity index (χ3v) is 9.49. The lowest BCUT2D eigenvalue weighted by Crippen LogP contribution is -2.51. The van der Waals surface area contributed by atoms with Gasteiger partial charge in [0.1, 0.15) is 0 Å². The van der Waals surface area contributed by atoms with Crippen LogP contribution in [0.15, 0.2) is 130 Å². The highest BCUT2D eigenvalue weighted by Gasteiger charge is 2.48. The first-order valence-corrected chi connectivity index (χ1v) is 17.7. The van der Waals surface area contributed by atoms with Crippen LogP contribution in [0.2, 0.25) is 0 Å². The van der Waals surface area contributed by atoms with E-state index in [0.717, 1.165) is 33.4 Å². The normalized spacial score (nSPS) is 26.6. The predicted octanol–water partition coefficient (Wildman–Crippen LogP) is 7.50. The van der Waals surface area contributed by atoms with E-state index in [1.54, 1.807) is 26.8 Å². The van der Waals surface area contributed by atoms with Crippen molar-refractivity contribution < 1.29 is 37.3 Å². The summed E-state index contributed by atoms with van der Waals surface area (Å²) in [4.78, 5) is 12.7. The smallest absolute Gasteiger partial charge is 0.390 e. The molecule has 0 fully saturated rings. The molecule has 2 aliphatic rings. The van der Waals surface area contributed by atoms with Crippen LogP contribution in [0.3, 0.4) is 0 Å². The summed E-state index contributed by atoms with van der Waals surface area (Å²) >= 11 is 0. The first-order chi connectivity index (χ1) is 22.6. The number of Topliss-reactive ketones (excluding diaryl/α,β-unsaturated/α-hetero) is 1. The lowest BCUT2D eigenvalue weighted by atomic mass is 9.69. The van der Waals surface area contributed by atoms with Gasteiger partial charge in [0, 0.05) is 10.8 Å². The van der Waals surface area contributed by atoms with Crippen molar-refractivity contribution >= 4 is 16.2 Å². The summed E-state index contributed by atoms with van der Waals surface area (Å²) in [5.41, 5.74) is 5.52. The molecule has 0 saturated heterocycles. The van der Waals surface area contributed by atoms with E-state index in [1.165, 1.54) is 0 Å².